The molecule has 0 spiro atoms. The largest absolute Gasteiger partial charge is 0.497 e. The molecule has 1 aromatic carbocycles. The standard InChI is InChI=1S/C26H32N4O3S/c1-33-21-14-12-18(13-15-21)24-22(16-27)25(32)29-26(28-24)34-17-23(31)30(19-8-4-2-5-9-19)20-10-6-3-7-11-20/h12-15,19-20H,2-11,17H2,1H3,(H,28,29,32). The summed E-state index contributed by atoms with van der Waals surface area (Å²) in [5.41, 5.74) is 0.449. The quantitative estimate of drug-likeness (QED) is 0.447. The lowest BCUT2D eigenvalue weighted by atomic mass is 9.88. The summed E-state index contributed by atoms with van der Waals surface area (Å²) in [7, 11) is 1.58. The Balaban J connectivity index is 1.54. The van der Waals surface area contributed by atoms with Crippen LogP contribution in [-0.4, -0.2) is 45.7 Å². The topological polar surface area (TPSA) is 99.1 Å². The zero-order chi connectivity index (χ0) is 23.9. The third-order valence-electron chi connectivity index (χ3n) is 6.93. The van der Waals surface area contributed by atoms with Crippen LogP contribution in [0, 0.1) is 11.3 Å². The SMILES string of the molecule is COc1ccc(-c2nc(SCC(=O)N(C3CCCCC3)C3CCCCC3)[nH]c(=O)c2C#N)cc1. The molecular weight excluding hydrogens is 448 g/mol. The van der Waals surface area contributed by atoms with Gasteiger partial charge in [0.25, 0.3) is 5.56 Å². The lowest BCUT2D eigenvalue weighted by molar-refractivity contribution is -0.135. The first-order chi connectivity index (χ1) is 16.6. The molecule has 4 rings (SSSR count). The number of hydrogen-bond donors (Lipinski definition) is 1. The Kier molecular flexibility index (Phi) is 8.28. The average Bonchev–Trinajstić information content (AvgIpc) is 2.88. The average molecular weight is 481 g/mol. The lowest BCUT2D eigenvalue weighted by Crippen LogP contribution is -2.49. The molecule has 0 unspecified atom stereocenters. The second-order valence-electron chi connectivity index (χ2n) is 9.11. The Bertz CT molecular complexity index is 1060. The predicted octanol–water partition coefficient (Wildman–Crippen LogP) is 4.90. The number of carbonyl (C=O) groups is 1. The van der Waals surface area contributed by atoms with Crippen LogP contribution < -0.4 is 10.3 Å². The predicted molar refractivity (Wildman–Crippen MR) is 133 cm³/mol. The Hall–Kier alpha value is -2.79. The second kappa shape index (κ2) is 11.6. The van der Waals surface area contributed by atoms with Gasteiger partial charge in [0.05, 0.1) is 18.6 Å². The van der Waals surface area contributed by atoms with Crippen molar-refractivity contribution in [3.8, 4) is 23.1 Å². The van der Waals surface area contributed by atoms with Crippen LogP contribution in [0.25, 0.3) is 11.3 Å². The maximum absolute atomic E-state index is 13.5. The van der Waals surface area contributed by atoms with Crippen molar-refractivity contribution < 1.29 is 9.53 Å². The second-order valence-corrected chi connectivity index (χ2v) is 10.1. The first-order valence-corrected chi connectivity index (χ1v) is 13.2. The molecule has 0 saturated heterocycles. The van der Waals surface area contributed by atoms with Gasteiger partial charge >= 0.3 is 0 Å². The molecule has 1 amide bonds. The number of amides is 1. The molecular formula is C26H32N4O3S. The van der Waals surface area contributed by atoms with Crippen LogP contribution in [0.15, 0.2) is 34.2 Å². The molecule has 0 atom stereocenters. The number of hydrogen-bond acceptors (Lipinski definition) is 6. The molecule has 0 bridgehead atoms. The van der Waals surface area contributed by atoms with E-state index in [2.05, 4.69) is 14.9 Å². The van der Waals surface area contributed by atoms with E-state index in [-0.39, 0.29) is 17.2 Å². The molecule has 34 heavy (non-hydrogen) atoms. The van der Waals surface area contributed by atoms with Crippen molar-refractivity contribution in [3.63, 3.8) is 0 Å². The van der Waals surface area contributed by atoms with Gasteiger partial charge in [0.15, 0.2) is 5.16 Å². The van der Waals surface area contributed by atoms with Crippen LogP contribution in [0.5, 0.6) is 5.75 Å². The van der Waals surface area contributed by atoms with Gasteiger partial charge < -0.3 is 14.6 Å². The summed E-state index contributed by atoms with van der Waals surface area (Å²) in [6.45, 7) is 0. The van der Waals surface area contributed by atoms with Gasteiger partial charge in [0, 0.05) is 17.6 Å². The number of nitriles is 1. The van der Waals surface area contributed by atoms with Crippen LogP contribution in [-0.2, 0) is 4.79 Å². The molecule has 2 aromatic rings. The number of methoxy groups -OCH3 is 1. The Morgan fingerprint density at radius 3 is 2.21 bits per heavy atom. The summed E-state index contributed by atoms with van der Waals surface area (Å²) in [5.74, 6) is 1.03. The van der Waals surface area contributed by atoms with E-state index in [1.54, 1.807) is 31.4 Å². The molecule has 1 heterocycles. The van der Waals surface area contributed by atoms with Gasteiger partial charge in [-0.1, -0.05) is 50.3 Å². The van der Waals surface area contributed by atoms with Crippen LogP contribution >= 0.6 is 11.8 Å². The molecule has 180 valence electrons. The number of aromatic amines is 1. The summed E-state index contributed by atoms with van der Waals surface area (Å²) >= 11 is 1.24. The molecule has 0 aliphatic heterocycles. The first kappa shape index (κ1) is 24.3. The van der Waals surface area contributed by atoms with Crippen molar-refractivity contribution in [3.05, 3.63) is 40.2 Å². The number of thioether (sulfide) groups is 1. The van der Waals surface area contributed by atoms with Crippen LogP contribution in [0.4, 0.5) is 0 Å². The Labute approximate surface area is 204 Å². The molecule has 1 aromatic heterocycles. The Morgan fingerprint density at radius 1 is 1.09 bits per heavy atom. The third-order valence-corrected chi connectivity index (χ3v) is 7.79. The summed E-state index contributed by atoms with van der Waals surface area (Å²) in [6.07, 6.45) is 11.6. The number of benzene rings is 1. The van der Waals surface area contributed by atoms with Crippen molar-refractivity contribution >= 4 is 17.7 Å². The van der Waals surface area contributed by atoms with Gasteiger partial charge in [0.1, 0.15) is 17.4 Å². The van der Waals surface area contributed by atoms with Gasteiger partial charge in [-0.2, -0.15) is 5.26 Å². The number of nitrogens with zero attached hydrogens (tertiary/aromatic N) is 3. The summed E-state index contributed by atoms with van der Waals surface area (Å²) in [5, 5.41) is 9.89. The number of nitrogens with one attached hydrogen (secondary N) is 1. The summed E-state index contributed by atoms with van der Waals surface area (Å²) in [6, 6.07) is 9.70. The van der Waals surface area contributed by atoms with E-state index in [0.29, 0.717) is 34.2 Å². The number of aromatic nitrogens is 2. The third kappa shape index (κ3) is 5.64. The summed E-state index contributed by atoms with van der Waals surface area (Å²) in [4.78, 5) is 35.5. The van der Waals surface area contributed by atoms with Crippen LogP contribution in [0.2, 0.25) is 0 Å². The van der Waals surface area contributed by atoms with Gasteiger partial charge in [-0.3, -0.25) is 9.59 Å². The molecule has 2 aliphatic rings. The minimum Gasteiger partial charge on any atom is -0.497 e. The number of rotatable bonds is 7. The van der Waals surface area contributed by atoms with E-state index >= 15 is 0 Å². The van der Waals surface area contributed by atoms with Gasteiger partial charge in [0.2, 0.25) is 5.91 Å². The maximum atomic E-state index is 13.5. The monoisotopic (exact) mass is 480 g/mol. The van der Waals surface area contributed by atoms with E-state index in [1.807, 2.05) is 6.07 Å². The van der Waals surface area contributed by atoms with Crippen molar-refractivity contribution in [1.82, 2.24) is 14.9 Å². The molecule has 1 N–H and O–H groups in total. The minimum atomic E-state index is -0.491. The molecule has 2 aliphatic carbocycles. The van der Waals surface area contributed by atoms with Gasteiger partial charge in [-0.15, -0.1) is 0 Å². The maximum Gasteiger partial charge on any atom is 0.270 e. The lowest BCUT2D eigenvalue weighted by Gasteiger charge is -2.41. The van der Waals surface area contributed by atoms with Crippen molar-refractivity contribution in [1.29, 1.82) is 5.26 Å². The number of ether oxygens (including phenoxy) is 1. The highest BCUT2D eigenvalue weighted by Gasteiger charge is 2.32. The molecule has 2 fully saturated rings. The zero-order valence-electron chi connectivity index (χ0n) is 19.7. The van der Waals surface area contributed by atoms with E-state index < -0.39 is 5.56 Å². The van der Waals surface area contributed by atoms with Gasteiger partial charge in [-0.25, -0.2) is 4.98 Å². The highest BCUT2D eigenvalue weighted by atomic mass is 32.2. The normalized spacial score (nSPS) is 17.2. The van der Waals surface area contributed by atoms with E-state index in [9.17, 15) is 14.9 Å². The van der Waals surface area contributed by atoms with Crippen molar-refractivity contribution in [2.24, 2.45) is 0 Å². The van der Waals surface area contributed by atoms with E-state index in [0.717, 1.165) is 25.7 Å². The first-order valence-electron chi connectivity index (χ1n) is 12.2. The van der Waals surface area contributed by atoms with Crippen LogP contribution in [0.3, 0.4) is 0 Å². The fourth-order valence-electron chi connectivity index (χ4n) is 5.21. The number of H-pyrrole nitrogens is 1. The summed E-state index contributed by atoms with van der Waals surface area (Å²) < 4.78 is 5.20. The molecule has 2 saturated carbocycles. The van der Waals surface area contributed by atoms with E-state index in [1.165, 1.54) is 50.3 Å². The smallest absolute Gasteiger partial charge is 0.270 e. The highest BCUT2D eigenvalue weighted by molar-refractivity contribution is 7.99. The molecule has 0 radical (unpaired) electrons. The fraction of sp³-hybridized carbons (Fsp3) is 0.538. The van der Waals surface area contributed by atoms with Gasteiger partial charge in [-0.05, 0) is 49.9 Å². The fourth-order valence-corrected chi connectivity index (χ4v) is 5.94. The van der Waals surface area contributed by atoms with Crippen molar-refractivity contribution in [2.75, 3.05) is 12.9 Å². The Morgan fingerprint density at radius 2 is 1.68 bits per heavy atom. The van der Waals surface area contributed by atoms with E-state index in [4.69, 9.17) is 4.74 Å². The molecule has 8 heteroatoms. The zero-order valence-corrected chi connectivity index (χ0v) is 20.5. The minimum absolute atomic E-state index is 0.0353. The van der Waals surface area contributed by atoms with Crippen LogP contribution in [0.1, 0.15) is 69.8 Å². The highest BCUT2D eigenvalue weighted by Crippen LogP contribution is 2.31. The molecule has 7 nitrogen and oxygen atoms in total. The van der Waals surface area contributed by atoms with Crippen molar-refractivity contribution in [2.45, 2.75) is 81.4 Å². The number of carbonyl (C=O) groups excluding carboxylic acids is 1.